The van der Waals surface area contributed by atoms with Gasteiger partial charge in [0, 0.05) is 10.0 Å². The zero-order chi connectivity index (χ0) is 17.4. The van der Waals surface area contributed by atoms with Crippen molar-refractivity contribution in [2.75, 3.05) is 0 Å². The summed E-state index contributed by atoms with van der Waals surface area (Å²) in [5, 5.41) is 8.66. The van der Waals surface area contributed by atoms with Crippen molar-refractivity contribution in [3.63, 3.8) is 0 Å². The van der Waals surface area contributed by atoms with Crippen molar-refractivity contribution >= 4 is 26.8 Å². The Balaban J connectivity index is 1.74. The maximum atomic E-state index is 12.8. The monoisotopic (exact) mass is 396 g/mol. The third-order valence-electron chi connectivity index (χ3n) is 3.89. The molecule has 0 saturated carbocycles. The topological polar surface area (TPSA) is 73.8 Å². The highest BCUT2D eigenvalue weighted by Crippen LogP contribution is 2.18. The Bertz CT molecular complexity index is 1120. The maximum absolute atomic E-state index is 12.8. The normalized spacial score (nSPS) is 11.1. The molecular formula is C18H13BrN4O2. The van der Waals surface area contributed by atoms with Gasteiger partial charge in [-0.25, -0.2) is 4.98 Å². The second-order valence-corrected chi connectivity index (χ2v) is 6.49. The van der Waals surface area contributed by atoms with E-state index in [2.05, 4.69) is 31.1 Å². The van der Waals surface area contributed by atoms with E-state index >= 15 is 0 Å². The van der Waals surface area contributed by atoms with Gasteiger partial charge >= 0.3 is 0 Å². The number of aryl methyl sites for hydroxylation is 1. The van der Waals surface area contributed by atoms with Crippen LogP contribution in [0, 0.1) is 6.92 Å². The van der Waals surface area contributed by atoms with E-state index in [1.165, 1.54) is 4.57 Å². The van der Waals surface area contributed by atoms with Crippen LogP contribution in [0.15, 0.2) is 62.2 Å². The molecule has 4 rings (SSSR count). The molecule has 2 aromatic carbocycles. The first-order chi connectivity index (χ1) is 12.1. The summed E-state index contributed by atoms with van der Waals surface area (Å²) in [5.41, 5.74) is 1.37. The molecule has 4 aromatic rings. The second kappa shape index (κ2) is 6.25. The first-order valence-corrected chi connectivity index (χ1v) is 8.45. The fourth-order valence-corrected chi connectivity index (χ4v) is 3.00. The van der Waals surface area contributed by atoms with E-state index in [1.54, 1.807) is 13.0 Å². The van der Waals surface area contributed by atoms with Gasteiger partial charge in [-0.2, -0.15) is 0 Å². The molecule has 0 saturated heterocycles. The highest BCUT2D eigenvalue weighted by molar-refractivity contribution is 9.10. The number of benzene rings is 2. The summed E-state index contributed by atoms with van der Waals surface area (Å²) in [5.74, 6) is 1.39. The largest absolute Gasteiger partial charge is 0.419 e. The van der Waals surface area contributed by atoms with E-state index < -0.39 is 0 Å². The third-order valence-corrected chi connectivity index (χ3v) is 4.38. The molecule has 0 atom stereocenters. The number of aromatic nitrogens is 4. The van der Waals surface area contributed by atoms with Crippen molar-refractivity contribution < 1.29 is 4.42 Å². The highest BCUT2D eigenvalue weighted by Gasteiger charge is 2.13. The van der Waals surface area contributed by atoms with E-state index in [-0.39, 0.29) is 12.1 Å². The second-order valence-electron chi connectivity index (χ2n) is 5.58. The highest BCUT2D eigenvalue weighted by atomic mass is 79.9. The predicted molar refractivity (Wildman–Crippen MR) is 97.3 cm³/mol. The lowest BCUT2D eigenvalue weighted by Gasteiger charge is -2.08. The van der Waals surface area contributed by atoms with Crippen molar-refractivity contribution in [2.24, 2.45) is 0 Å². The predicted octanol–water partition coefficient (Wildman–Crippen LogP) is 3.57. The summed E-state index contributed by atoms with van der Waals surface area (Å²) < 4.78 is 8.07. The third kappa shape index (κ3) is 2.98. The molecule has 6 nitrogen and oxygen atoms in total. The van der Waals surface area contributed by atoms with Crippen LogP contribution in [0.1, 0.15) is 11.7 Å². The van der Waals surface area contributed by atoms with Crippen LogP contribution >= 0.6 is 15.9 Å². The summed E-state index contributed by atoms with van der Waals surface area (Å²) in [6, 6.07) is 15.0. The van der Waals surface area contributed by atoms with Gasteiger partial charge in [-0.3, -0.25) is 9.36 Å². The minimum atomic E-state index is -0.136. The van der Waals surface area contributed by atoms with Crippen molar-refractivity contribution in [3.05, 3.63) is 75.1 Å². The molecule has 7 heteroatoms. The summed E-state index contributed by atoms with van der Waals surface area (Å²) in [7, 11) is 0. The molecular weight excluding hydrogens is 384 g/mol. The van der Waals surface area contributed by atoms with Crippen molar-refractivity contribution in [3.8, 4) is 11.5 Å². The average molecular weight is 397 g/mol. The molecule has 124 valence electrons. The van der Waals surface area contributed by atoms with Gasteiger partial charge in [0.05, 0.1) is 10.9 Å². The van der Waals surface area contributed by atoms with Crippen LogP contribution in [0.25, 0.3) is 22.4 Å². The molecule has 0 fully saturated rings. The van der Waals surface area contributed by atoms with Crippen LogP contribution in [0.5, 0.6) is 0 Å². The number of rotatable bonds is 3. The van der Waals surface area contributed by atoms with E-state index in [0.29, 0.717) is 28.5 Å². The minimum Gasteiger partial charge on any atom is -0.419 e. The lowest BCUT2D eigenvalue weighted by atomic mass is 10.2. The standard InChI is InChI=1S/C18H13BrN4O2/c1-11-20-15-8-7-13(19)9-14(15)18(24)23(11)10-16-21-22-17(25-16)12-5-3-2-4-6-12/h2-9H,10H2,1H3. The van der Waals surface area contributed by atoms with Gasteiger partial charge in [-0.05, 0) is 37.3 Å². The first-order valence-electron chi connectivity index (χ1n) is 7.66. The fraction of sp³-hybridized carbons (Fsp3) is 0.111. The Morgan fingerprint density at radius 2 is 1.92 bits per heavy atom. The Morgan fingerprint density at radius 3 is 2.72 bits per heavy atom. The SMILES string of the molecule is Cc1nc2ccc(Br)cc2c(=O)n1Cc1nnc(-c2ccccc2)o1. The van der Waals surface area contributed by atoms with Gasteiger partial charge in [0.2, 0.25) is 11.8 Å². The Labute approximate surface area is 151 Å². The number of fused-ring (bicyclic) bond motifs is 1. The summed E-state index contributed by atoms with van der Waals surface area (Å²) in [6.45, 7) is 1.97. The van der Waals surface area contributed by atoms with Crippen molar-refractivity contribution in [1.82, 2.24) is 19.7 Å². The minimum absolute atomic E-state index is 0.136. The Morgan fingerprint density at radius 1 is 1.12 bits per heavy atom. The van der Waals surface area contributed by atoms with E-state index in [9.17, 15) is 4.79 Å². The molecule has 0 aliphatic rings. The van der Waals surface area contributed by atoms with Gasteiger partial charge in [-0.15, -0.1) is 10.2 Å². The van der Waals surface area contributed by atoms with Gasteiger partial charge in [0.15, 0.2) is 0 Å². The maximum Gasteiger partial charge on any atom is 0.261 e. The lowest BCUT2D eigenvalue weighted by Crippen LogP contribution is -2.24. The zero-order valence-corrected chi connectivity index (χ0v) is 14.9. The van der Waals surface area contributed by atoms with Gasteiger partial charge in [0.25, 0.3) is 5.56 Å². The molecule has 2 aromatic heterocycles. The van der Waals surface area contributed by atoms with Crippen molar-refractivity contribution in [2.45, 2.75) is 13.5 Å². The molecule has 0 N–H and O–H groups in total. The van der Waals surface area contributed by atoms with Crippen LogP contribution in [0.4, 0.5) is 0 Å². The van der Waals surface area contributed by atoms with E-state index in [4.69, 9.17) is 4.42 Å². The number of hydrogen-bond acceptors (Lipinski definition) is 5. The quantitative estimate of drug-likeness (QED) is 0.529. The molecule has 2 heterocycles. The van der Waals surface area contributed by atoms with E-state index in [1.807, 2.05) is 42.5 Å². The number of halogens is 1. The molecule has 0 radical (unpaired) electrons. The lowest BCUT2D eigenvalue weighted by molar-refractivity contribution is 0.480. The van der Waals surface area contributed by atoms with E-state index in [0.717, 1.165) is 10.0 Å². The smallest absolute Gasteiger partial charge is 0.261 e. The van der Waals surface area contributed by atoms with Crippen LogP contribution in [0.2, 0.25) is 0 Å². The molecule has 0 unspecified atom stereocenters. The van der Waals surface area contributed by atoms with Crippen molar-refractivity contribution in [1.29, 1.82) is 0 Å². The summed E-state index contributed by atoms with van der Waals surface area (Å²) >= 11 is 3.39. The van der Waals surface area contributed by atoms with Crippen LogP contribution in [-0.4, -0.2) is 19.7 Å². The average Bonchev–Trinajstić information content (AvgIpc) is 3.09. The van der Waals surface area contributed by atoms with Crippen LogP contribution in [-0.2, 0) is 6.54 Å². The Kier molecular flexibility index (Phi) is 3.93. The van der Waals surface area contributed by atoms with Gasteiger partial charge in [-0.1, -0.05) is 34.1 Å². The Hall–Kier alpha value is -2.80. The molecule has 0 aliphatic heterocycles. The number of hydrogen-bond donors (Lipinski definition) is 0. The van der Waals surface area contributed by atoms with Gasteiger partial charge in [0.1, 0.15) is 12.4 Å². The summed E-state index contributed by atoms with van der Waals surface area (Å²) in [6.07, 6.45) is 0. The number of nitrogens with zero attached hydrogens (tertiary/aromatic N) is 4. The van der Waals surface area contributed by atoms with Crippen LogP contribution < -0.4 is 5.56 Å². The van der Waals surface area contributed by atoms with Crippen LogP contribution in [0.3, 0.4) is 0 Å². The molecule has 0 aliphatic carbocycles. The molecule has 0 bridgehead atoms. The fourth-order valence-electron chi connectivity index (χ4n) is 2.64. The zero-order valence-electron chi connectivity index (χ0n) is 13.3. The molecule has 0 spiro atoms. The van der Waals surface area contributed by atoms with Gasteiger partial charge < -0.3 is 4.42 Å². The molecule has 0 amide bonds. The first kappa shape index (κ1) is 15.7. The summed E-state index contributed by atoms with van der Waals surface area (Å²) in [4.78, 5) is 17.3. The molecule has 25 heavy (non-hydrogen) atoms.